The Morgan fingerprint density at radius 3 is 2.59 bits per heavy atom. The van der Waals surface area contributed by atoms with E-state index < -0.39 is 27.2 Å². The Morgan fingerprint density at radius 2 is 1.91 bits per heavy atom. The molecule has 2 aromatic rings. The molecule has 0 radical (unpaired) electrons. The van der Waals surface area contributed by atoms with E-state index in [1.54, 1.807) is 4.90 Å². The fourth-order valence-electron chi connectivity index (χ4n) is 4.43. The summed E-state index contributed by atoms with van der Waals surface area (Å²) in [5.74, 6) is -1.35. The van der Waals surface area contributed by atoms with Crippen molar-refractivity contribution in [3.05, 3.63) is 65.2 Å². The molecule has 186 valence electrons. The predicted molar refractivity (Wildman–Crippen MR) is 125 cm³/mol. The summed E-state index contributed by atoms with van der Waals surface area (Å²) < 4.78 is 61.3. The van der Waals surface area contributed by atoms with Gasteiger partial charge >= 0.3 is 0 Å². The van der Waals surface area contributed by atoms with E-state index in [2.05, 4.69) is 0 Å². The molecule has 1 aliphatic rings. The van der Waals surface area contributed by atoms with E-state index in [-0.39, 0.29) is 38.0 Å². The van der Waals surface area contributed by atoms with Crippen LogP contribution < -0.4 is 4.74 Å². The van der Waals surface area contributed by atoms with Gasteiger partial charge in [-0.25, -0.2) is 8.78 Å². The van der Waals surface area contributed by atoms with Crippen LogP contribution >= 0.6 is 0 Å². The first kappa shape index (κ1) is 26.1. The number of benzene rings is 2. The lowest BCUT2D eigenvalue weighted by Gasteiger charge is -2.43. The van der Waals surface area contributed by atoms with Gasteiger partial charge < -0.3 is 9.64 Å². The number of rotatable bonds is 9. The van der Waals surface area contributed by atoms with Crippen LogP contribution in [0.3, 0.4) is 0 Å². The highest BCUT2D eigenvalue weighted by Gasteiger charge is 2.39. The minimum Gasteiger partial charge on any atom is -0.491 e. The Balaban J connectivity index is 1.81. The molecule has 0 aliphatic carbocycles. The van der Waals surface area contributed by atoms with Crippen LogP contribution in [0.1, 0.15) is 44.2 Å². The van der Waals surface area contributed by atoms with Gasteiger partial charge in [0, 0.05) is 18.5 Å². The Labute approximate surface area is 200 Å². The van der Waals surface area contributed by atoms with Gasteiger partial charge in [-0.2, -0.15) is 8.42 Å². The minimum atomic E-state index is -3.66. The van der Waals surface area contributed by atoms with Crippen molar-refractivity contribution in [3.8, 4) is 5.75 Å². The molecule has 1 saturated heterocycles. The third-order valence-electron chi connectivity index (χ3n) is 5.97. The van der Waals surface area contributed by atoms with Crippen molar-refractivity contribution in [1.82, 2.24) is 4.90 Å². The molecule has 1 atom stereocenters. The van der Waals surface area contributed by atoms with Crippen LogP contribution in [0.5, 0.6) is 5.75 Å². The standard InChI is InChI=1S/C25H31F2NO5S/c1-18(2)33-21-7-4-6-19(14-21)15-24(29)28-12-5-10-25(17-28,11-13-32-34(3,30)31)20-8-9-22(26)23(27)16-20/h4,6-9,14,16,18H,5,10-13,15,17H2,1-3H3/t25-/m1/s1. The normalized spacial score (nSPS) is 18.8. The first-order valence-electron chi connectivity index (χ1n) is 11.3. The molecule has 1 amide bonds. The maximum atomic E-state index is 14.1. The van der Waals surface area contributed by atoms with Crippen LogP contribution in [-0.4, -0.2) is 51.3 Å². The van der Waals surface area contributed by atoms with E-state index >= 15 is 0 Å². The number of hydrogen-bond donors (Lipinski definition) is 0. The minimum absolute atomic E-state index is 0.0129. The smallest absolute Gasteiger partial charge is 0.264 e. The lowest BCUT2D eigenvalue weighted by Crippen LogP contribution is -2.49. The zero-order valence-corrected chi connectivity index (χ0v) is 20.5. The van der Waals surface area contributed by atoms with Gasteiger partial charge in [0.15, 0.2) is 11.6 Å². The lowest BCUT2D eigenvalue weighted by atomic mass is 9.71. The Bertz CT molecular complexity index is 1120. The van der Waals surface area contributed by atoms with Gasteiger partial charge in [-0.05, 0) is 68.5 Å². The summed E-state index contributed by atoms with van der Waals surface area (Å²) >= 11 is 0. The Hall–Kier alpha value is -2.52. The van der Waals surface area contributed by atoms with Gasteiger partial charge in [-0.15, -0.1) is 0 Å². The van der Waals surface area contributed by atoms with Crippen molar-refractivity contribution in [2.24, 2.45) is 0 Å². The average Bonchev–Trinajstić information content (AvgIpc) is 2.74. The van der Waals surface area contributed by atoms with E-state index in [1.165, 1.54) is 6.07 Å². The summed E-state index contributed by atoms with van der Waals surface area (Å²) in [6, 6.07) is 11.1. The second-order valence-electron chi connectivity index (χ2n) is 9.09. The van der Waals surface area contributed by atoms with Gasteiger partial charge in [-0.1, -0.05) is 18.2 Å². The van der Waals surface area contributed by atoms with Crippen molar-refractivity contribution in [1.29, 1.82) is 0 Å². The number of piperidine rings is 1. The van der Waals surface area contributed by atoms with E-state index in [1.807, 2.05) is 38.1 Å². The molecule has 0 N–H and O–H groups in total. The molecule has 0 unspecified atom stereocenters. The third-order valence-corrected chi connectivity index (χ3v) is 6.56. The van der Waals surface area contributed by atoms with E-state index in [0.717, 1.165) is 24.0 Å². The highest BCUT2D eigenvalue weighted by Crippen LogP contribution is 2.38. The van der Waals surface area contributed by atoms with E-state index in [9.17, 15) is 22.0 Å². The molecular formula is C25H31F2NO5S. The highest BCUT2D eigenvalue weighted by atomic mass is 32.2. The van der Waals surface area contributed by atoms with Gasteiger partial charge in [0.2, 0.25) is 5.91 Å². The number of hydrogen-bond acceptors (Lipinski definition) is 5. The SMILES string of the molecule is CC(C)Oc1cccc(CC(=O)N2CCC[C@](CCOS(C)(=O)=O)(c3ccc(F)c(F)c3)C2)c1. The molecule has 6 nitrogen and oxygen atoms in total. The molecule has 2 aromatic carbocycles. The molecule has 1 aliphatic heterocycles. The number of amides is 1. The summed E-state index contributed by atoms with van der Waals surface area (Å²) in [7, 11) is -3.66. The van der Waals surface area contributed by atoms with Crippen molar-refractivity contribution in [2.75, 3.05) is 26.0 Å². The van der Waals surface area contributed by atoms with Crippen molar-refractivity contribution in [2.45, 2.75) is 51.0 Å². The predicted octanol–water partition coefficient (Wildman–Crippen LogP) is 4.22. The number of carbonyl (C=O) groups excluding carboxylic acids is 1. The lowest BCUT2D eigenvalue weighted by molar-refractivity contribution is -0.132. The average molecular weight is 496 g/mol. The van der Waals surface area contributed by atoms with Gasteiger partial charge in [0.1, 0.15) is 5.75 Å². The summed E-state index contributed by atoms with van der Waals surface area (Å²) in [5.41, 5.74) is 0.580. The summed E-state index contributed by atoms with van der Waals surface area (Å²) in [6.07, 6.45) is 2.62. The summed E-state index contributed by atoms with van der Waals surface area (Å²) in [5, 5.41) is 0. The maximum absolute atomic E-state index is 14.1. The van der Waals surface area contributed by atoms with Crippen LogP contribution in [0.4, 0.5) is 8.78 Å². The zero-order valence-electron chi connectivity index (χ0n) is 19.7. The van der Waals surface area contributed by atoms with Crippen LogP contribution in [0.2, 0.25) is 0 Å². The molecule has 1 heterocycles. The monoisotopic (exact) mass is 495 g/mol. The molecule has 34 heavy (non-hydrogen) atoms. The number of likely N-dealkylation sites (tertiary alicyclic amines) is 1. The van der Waals surface area contributed by atoms with Gasteiger partial charge in [0.05, 0.1) is 25.4 Å². The molecule has 3 rings (SSSR count). The molecule has 9 heteroatoms. The second kappa shape index (κ2) is 10.8. The molecule has 0 aromatic heterocycles. The largest absolute Gasteiger partial charge is 0.491 e. The van der Waals surface area contributed by atoms with Gasteiger partial charge in [0.25, 0.3) is 10.1 Å². The quantitative estimate of drug-likeness (QED) is 0.487. The second-order valence-corrected chi connectivity index (χ2v) is 10.7. The number of ether oxygens (including phenoxy) is 1. The van der Waals surface area contributed by atoms with Crippen LogP contribution in [0.15, 0.2) is 42.5 Å². The molecular weight excluding hydrogens is 464 g/mol. The fourth-order valence-corrected chi connectivity index (χ4v) is 4.82. The topological polar surface area (TPSA) is 72.9 Å². The van der Waals surface area contributed by atoms with Crippen molar-refractivity contribution >= 4 is 16.0 Å². The number of halogens is 2. The molecule has 0 spiro atoms. The van der Waals surface area contributed by atoms with E-state index in [4.69, 9.17) is 8.92 Å². The van der Waals surface area contributed by atoms with Crippen molar-refractivity contribution in [3.63, 3.8) is 0 Å². The van der Waals surface area contributed by atoms with Gasteiger partial charge in [-0.3, -0.25) is 8.98 Å². The third kappa shape index (κ3) is 6.99. The van der Waals surface area contributed by atoms with Crippen LogP contribution in [0, 0.1) is 11.6 Å². The summed E-state index contributed by atoms with van der Waals surface area (Å²) in [6.45, 7) is 4.52. The molecule has 1 fully saturated rings. The first-order valence-corrected chi connectivity index (χ1v) is 13.1. The van der Waals surface area contributed by atoms with E-state index in [0.29, 0.717) is 30.7 Å². The number of nitrogens with zero attached hydrogens (tertiary/aromatic N) is 1. The van der Waals surface area contributed by atoms with Crippen molar-refractivity contribution < 1.29 is 30.9 Å². The number of carbonyl (C=O) groups is 1. The zero-order chi connectivity index (χ0) is 24.9. The van der Waals surface area contributed by atoms with Crippen LogP contribution in [0.25, 0.3) is 0 Å². The Morgan fingerprint density at radius 1 is 1.15 bits per heavy atom. The van der Waals surface area contributed by atoms with Crippen LogP contribution in [-0.2, 0) is 30.9 Å². The first-order chi connectivity index (χ1) is 16.0. The fraction of sp³-hybridized carbons (Fsp3) is 0.480. The Kier molecular flexibility index (Phi) is 8.30. The maximum Gasteiger partial charge on any atom is 0.264 e. The summed E-state index contributed by atoms with van der Waals surface area (Å²) in [4.78, 5) is 14.9. The highest BCUT2D eigenvalue weighted by molar-refractivity contribution is 7.85. The molecule has 0 saturated carbocycles. The molecule has 0 bridgehead atoms.